The third-order valence-electron chi connectivity index (χ3n) is 3.96. The van der Waals surface area contributed by atoms with Crippen molar-refractivity contribution < 1.29 is 0 Å². The summed E-state index contributed by atoms with van der Waals surface area (Å²) in [7, 11) is 0. The summed E-state index contributed by atoms with van der Waals surface area (Å²) in [6.07, 6.45) is 18.5. The van der Waals surface area contributed by atoms with Gasteiger partial charge in [-0.25, -0.2) is 0 Å². The maximum Gasteiger partial charge on any atom is -0.00747 e. The summed E-state index contributed by atoms with van der Waals surface area (Å²) in [5.74, 6) is 0.841. The van der Waals surface area contributed by atoms with E-state index in [1.54, 1.807) is 0 Å². The zero-order chi connectivity index (χ0) is 13.5. The van der Waals surface area contributed by atoms with Crippen LogP contribution in [0.25, 0.3) is 0 Å². The Bertz CT molecular complexity index is 150. The van der Waals surface area contributed by atoms with Crippen LogP contribution in [-0.4, -0.2) is 6.54 Å². The zero-order valence-electron chi connectivity index (χ0n) is 13.5. The van der Waals surface area contributed by atoms with Crippen molar-refractivity contribution in [1.29, 1.82) is 0 Å². The van der Waals surface area contributed by atoms with Crippen LogP contribution in [0, 0.1) is 5.92 Å². The Kier molecular flexibility index (Phi) is 21.6. The summed E-state index contributed by atoms with van der Waals surface area (Å²) in [5, 5.41) is 0. The highest BCUT2D eigenvalue weighted by Crippen LogP contribution is 2.15. The second-order valence-electron chi connectivity index (χ2n) is 6.01. The van der Waals surface area contributed by atoms with Crippen LogP contribution in [0.2, 0.25) is 0 Å². The first-order valence-corrected chi connectivity index (χ1v) is 8.51. The first kappa shape index (κ1) is 22.0. The molecular formula is C17H38IN. The third-order valence-corrected chi connectivity index (χ3v) is 3.96. The Morgan fingerprint density at radius 3 is 1.53 bits per heavy atom. The molecule has 0 rings (SSSR count). The molecule has 118 valence electrons. The molecule has 1 unspecified atom stereocenters. The summed E-state index contributed by atoms with van der Waals surface area (Å²) >= 11 is 0. The van der Waals surface area contributed by atoms with Gasteiger partial charge in [-0.05, 0) is 18.9 Å². The largest absolute Gasteiger partial charge is 0.330 e. The number of hydrogen-bond donors (Lipinski definition) is 1. The van der Waals surface area contributed by atoms with E-state index >= 15 is 0 Å². The SMILES string of the molecule is CCCCCCCCCCCCCC(C)CCN.I. The van der Waals surface area contributed by atoms with Crippen LogP contribution in [0.5, 0.6) is 0 Å². The molecule has 1 nitrogen and oxygen atoms in total. The summed E-state index contributed by atoms with van der Waals surface area (Å²) in [5.41, 5.74) is 5.56. The van der Waals surface area contributed by atoms with Gasteiger partial charge in [0.1, 0.15) is 0 Å². The summed E-state index contributed by atoms with van der Waals surface area (Å²) in [6, 6.07) is 0. The average Bonchev–Trinajstić information content (AvgIpc) is 2.36. The fourth-order valence-electron chi connectivity index (χ4n) is 2.59. The molecule has 0 saturated heterocycles. The standard InChI is InChI=1S/C17H37N.HI/c1-3-4-5-6-7-8-9-10-11-12-13-14-17(2)15-16-18;/h17H,3-16,18H2,1-2H3;1H. The molecule has 0 saturated carbocycles. The van der Waals surface area contributed by atoms with Crippen molar-refractivity contribution in [3.8, 4) is 0 Å². The van der Waals surface area contributed by atoms with Crippen LogP contribution < -0.4 is 5.73 Å². The molecule has 0 aliphatic carbocycles. The molecule has 2 heteroatoms. The molecule has 0 fully saturated rings. The van der Waals surface area contributed by atoms with Crippen molar-refractivity contribution in [3.63, 3.8) is 0 Å². The van der Waals surface area contributed by atoms with Crippen molar-refractivity contribution in [1.82, 2.24) is 0 Å². The first-order valence-electron chi connectivity index (χ1n) is 8.51. The van der Waals surface area contributed by atoms with E-state index < -0.39 is 0 Å². The summed E-state index contributed by atoms with van der Waals surface area (Å²) in [6.45, 7) is 5.48. The Labute approximate surface area is 139 Å². The molecule has 0 radical (unpaired) electrons. The highest BCUT2D eigenvalue weighted by atomic mass is 127. The van der Waals surface area contributed by atoms with Gasteiger partial charge in [0.2, 0.25) is 0 Å². The third kappa shape index (κ3) is 18.7. The van der Waals surface area contributed by atoms with E-state index in [1.807, 2.05) is 0 Å². The number of hydrogen-bond acceptors (Lipinski definition) is 1. The molecule has 0 aliphatic rings. The lowest BCUT2D eigenvalue weighted by atomic mass is 9.99. The van der Waals surface area contributed by atoms with E-state index in [1.165, 1.54) is 83.5 Å². The molecular weight excluding hydrogens is 345 g/mol. The van der Waals surface area contributed by atoms with Crippen molar-refractivity contribution in [3.05, 3.63) is 0 Å². The summed E-state index contributed by atoms with van der Waals surface area (Å²) < 4.78 is 0. The number of unbranched alkanes of at least 4 members (excludes halogenated alkanes) is 10. The van der Waals surface area contributed by atoms with Crippen LogP contribution >= 0.6 is 24.0 Å². The van der Waals surface area contributed by atoms with Gasteiger partial charge in [-0.3, -0.25) is 0 Å². The van der Waals surface area contributed by atoms with Crippen LogP contribution in [0.15, 0.2) is 0 Å². The average molecular weight is 383 g/mol. The minimum Gasteiger partial charge on any atom is -0.330 e. The van der Waals surface area contributed by atoms with E-state index in [0.717, 1.165) is 12.5 Å². The lowest BCUT2D eigenvalue weighted by Crippen LogP contribution is -2.05. The Hall–Kier alpha value is 0.690. The Morgan fingerprint density at radius 2 is 1.11 bits per heavy atom. The maximum atomic E-state index is 5.56. The van der Waals surface area contributed by atoms with Gasteiger partial charge in [0.05, 0.1) is 0 Å². The van der Waals surface area contributed by atoms with E-state index in [4.69, 9.17) is 5.73 Å². The van der Waals surface area contributed by atoms with Gasteiger partial charge in [0.15, 0.2) is 0 Å². The van der Waals surface area contributed by atoms with Crippen LogP contribution in [0.3, 0.4) is 0 Å². The Balaban J connectivity index is 0. The number of rotatable bonds is 14. The molecule has 0 amide bonds. The van der Waals surface area contributed by atoms with Gasteiger partial charge in [0, 0.05) is 0 Å². The van der Waals surface area contributed by atoms with Gasteiger partial charge < -0.3 is 5.73 Å². The smallest absolute Gasteiger partial charge is 0.00747 e. The van der Waals surface area contributed by atoms with Gasteiger partial charge in [0.25, 0.3) is 0 Å². The van der Waals surface area contributed by atoms with E-state index in [0.29, 0.717) is 0 Å². The van der Waals surface area contributed by atoms with Crippen LogP contribution in [0.1, 0.15) is 97.3 Å². The molecule has 0 spiro atoms. The topological polar surface area (TPSA) is 26.0 Å². The van der Waals surface area contributed by atoms with E-state index in [9.17, 15) is 0 Å². The van der Waals surface area contributed by atoms with E-state index in [-0.39, 0.29) is 24.0 Å². The molecule has 0 aromatic carbocycles. The molecule has 19 heavy (non-hydrogen) atoms. The zero-order valence-corrected chi connectivity index (χ0v) is 15.8. The minimum absolute atomic E-state index is 0. The minimum atomic E-state index is 0. The fourth-order valence-corrected chi connectivity index (χ4v) is 2.59. The molecule has 0 aromatic rings. The Morgan fingerprint density at radius 1 is 0.684 bits per heavy atom. The predicted octanol–water partition coefficient (Wildman–Crippen LogP) is 6.29. The van der Waals surface area contributed by atoms with E-state index in [2.05, 4.69) is 13.8 Å². The van der Waals surface area contributed by atoms with Crippen molar-refractivity contribution in [2.45, 2.75) is 97.3 Å². The van der Waals surface area contributed by atoms with Crippen molar-refractivity contribution in [2.24, 2.45) is 11.7 Å². The molecule has 0 aromatic heterocycles. The van der Waals surface area contributed by atoms with Gasteiger partial charge in [-0.1, -0.05) is 90.9 Å². The second-order valence-corrected chi connectivity index (χ2v) is 6.01. The lowest BCUT2D eigenvalue weighted by Gasteiger charge is -2.09. The monoisotopic (exact) mass is 383 g/mol. The molecule has 1 atom stereocenters. The lowest BCUT2D eigenvalue weighted by molar-refractivity contribution is 0.459. The fraction of sp³-hybridized carbons (Fsp3) is 1.00. The molecule has 0 heterocycles. The highest BCUT2D eigenvalue weighted by Gasteiger charge is 2.00. The van der Waals surface area contributed by atoms with Gasteiger partial charge in [-0.15, -0.1) is 24.0 Å². The summed E-state index contributed by atoms with van der Waals surface area (Å²) in [4.78, 5) is 0. The van der Waals surface area contributed by atoms with Crippen LogP contribution in [-0.2, 0) is 0 Å². The maximum absolute atomic E-state index is 5.56. The normalized spacial score (nSPS) is 12.2. The molecule has 0 aliphatic heterocycles. The van der Waals surface area contributed by atoms with Gasteiger partial charge >= 0.3 is 0 Å². The predicted molar refractivity (Wildman–Crippen MR) is 99.3 cm³/mol. The van der Waals surface area contributed by atoms with Gasteiger partial charge in [-0.2, -0.15) is 0 Å². The number of nitrogens with two attached hydrogens (primary N) is 1. The quantitative estimate of drug-likeness (QED) is 0.277. The van der Waals surface area contributed by atoms with Crippen LogP contribution in [0.4, 0.5) is 0 Å². The number of halogens is 1. The first-order chi connectivity index (χ1) is 8.81. The molecule has 2 N–H and O–H groups in total. The highest BCUT2D eigenvalue weighted by molar-refractivity contribution is 14.0. The molecule has 0 bridgehead atoms. The second kappa shape index (κ2) is 18.7. The van der Waals surface area contributed by atoms with Crippen molar-refractivity contribution in [2.75, 3.05) is 6.54 Å². The van der Waals surface area contributed by atoms with Crippen molar-refractivity contribution >= 4 is 24.0 Å².